The fourth-order valence-corrected chi connectivity index (χ4v) is 4.39. The highest BCUT2D eigenvalue weighted by atomic mass is 32.1. The topological polar surface area (TPSA) is 29.3 Å². The van der Waals surface area contributed by atoms with Crippen LogP contribution in [0.3, 0.4) is 0 Å². The van der Waals surface area contributed by atoms with Crippen molar-refractivity contribution in [3.63, 3.8) is 0 Å². The lowest BCUT2D eigenvalue weighted by molar-refractivity contribution is 0.143. The molecule has 0 aromatic carbocycles. The summed E-state index contributed by atoms with van der Waals surface area (Å²) in [5, 5.41) is 5.92. The molecule has 1 unspecified atom stereocenters. The Labute approximate surface area is 131 Å². The average molecular weight is 305 g/mol. The smallest absolute Gasteiger partial charge is 0.193 e. The van der Waals surface area contributed by atoms with Gasteiger partial charge < -0.3 is 5.32 Å². The summed E-state index contributed by atoms with van der Waals surface area (Å²) >= 11 is 1.72. The monoisotopic (exact) mass is 305 g/mol. The Balaban J connectivity index is 1.76. The van der Waals surface area contributed by atoms with Crippen molar-refractivity contribution in [2.75, 3.05) is 6.54 Å². The van der Waals surface area contributed by atoms with Gasteiger partial charge in [0.1, 0.15) is 0 Å². The van der Waals surface area contributed by atoms with Crippen LogP contribution in [0.5, 0.6) is 0 Å². The van der Waals surface area contributed by atoms with Gasteiger partial charge in [0, 0.05) is 30.2 Å². The van der Waals surface area contributed by atoms with Gasteiger partial charge in [0.15, 0.2) is 4.96 Å². The van der Waals surface area contributed by atoms with E-state index in [0.29, 0.717) is 11.5 Å². The number of nitrogens with one attached hydrogen (secondary N) is 1. The van der Waals surface area contributed by atoms with Gasteiger partial charge in [-0.1, -0.05) is 33.1 Å². The van der Waals surface area contributed by atoms with E-state index in [0.717, 1.165) is 17.9 Å². The van der Waals surface area contributed by atoms with Crippen molar-refractivity contribution in [2.24, 2.45) is 5.41 Å². The van der Waals surface area contributed by atoms with E-state index in [1.807, 2.05) is 0 Å². The van der Waals surface area contributed by atoms with Crippen LogP contribution in [0, 0.1) is 5.41 Å². The molecule has 1 fully saturated rings. The minimum atomic E-state index is 0.435. The molecular weight excluding hydrogens is 278 g/mol. The number of rotatable bonds is 6. The highest BCUT2D eigenvalue weighted by Gasteiger charge is 2.35. The second-order valence-electron chi connectivity index (χ2n) is 6.75. The molecule has 2 aromatic heterocycles. The predicted molar refractivity (Wildman–Crippen MR) is 90.0 cm³/mol. The quantitative estimate of drug-likeness (QED) is 0.863. The van der Waals surface area contributed by atoms with Crippen molar-refractivity contribution in [3.05, 3.63) is 23.5 Å². The van der Waals surface area contributed by atoms with E-state index in [2.05, 4.69) is 41.3 Å². The van der Waals surface area contributed by atoms with Gasteiger partial charge in [0.05, 0.1) is 5.69 Å². The van der Waals surface area contributed by atoms with Crippen molar-refractivity contribution in [2.45, 2.75) is 64.8 Å². The Kier molecular flexibility index (Phi) is 4.65. The maximum absolute atomic E-state index is 4.79. The molecule has 21 heavy (non-hydrogen) atoms. The van der Waals surface area contributed by atoms with Crippen molar-refractivity contribution in [1.82, 2.24) is 14.7 Å². The van der Waals surface area contributed by atoms with Crippen LogP contribution in [0.1, 0.15) is 58.1 Å². The minimum Gasteiger partial charge on any atom is -0.313 e. The molecule has 0 spiro atoms. The highest BCUT2D eigenvalue weighted by molar-refractivity contribution is 7.15. The first-order chi connectivity index (χ1) is 10.2. The first-order valence-electron chi connectivity index (χ1n) is 8.36. The van der Waals surface area contributed by atoms with Crippen LogP contribution in [0.2, 0.25) is 0 Å². The van der Waals surface area contributed by atoms with Gasteiger partial charge in [0.25, 0.3) is 0 Å². The normalized spacial score (nSPS) is 19.9. The molecule has 2 heterocycles. The highest BCUT2D eigenvalue weighted by Crippen LogP contribution is 2.39. The first kappa shape index (κ1) is 15.0. The fourth-order valence-electron chi connectivity index (χ4n) is 3.68. The molecule has 1 aliphatic carbocycles. The number of aromatic nitrogens is 2. The molecule has 0 radical (unpaired) electrons. The van der Waals surface area contributed by atoms with Crippen LogP contribution in [0.25, 0.3) is 4.96 Å². The standard InChI is InChI=1S/C17H27N3S/c1-3-9-18-15(17(2)7-5-4-6-8-17)12-14-13-20-10-11-21-16(20)19-14/h10-11,13,15,18H,3-9,12H2,1-2H3. The van der Waals surface area contributed by atoms with E-state index >= 15 is 0 Å². The van der Waals surface area contributed by atoms with E-state index in [-0.39, 0.29) is 0 Å². The number of fused-ring (bicyclic) bond motifs is 1. The summed E-state index contributed by atoms with van der Waals surface area (Å²) in [5.41, 5.74) is 1.67. The van der Waals surface area contributed by atoms with Gasteiger partial charge in [-0.2, -0.15) is 0 Å². The zero-order valence-corrected chi connectivity index (χ0v) is 14.1. The van der Waals surface area contributed by atoms with Gasteiger partial charge in [-0.25, -0.2) is 4.98 Å². The van der Waals surface area contributed by atoms with Crippen LogP contribution in [0.15, 0.2) is 17.8 Å². The van der Waals surface area contributed by atoms with Crippen molar-refractivity contribution in [1.29, 1.82) is 0 Å². The van der Waals surface area contributed by atoms with E-state index in [9.17, 15) is 0 Å². The second-order valence-corrected chi connectivity index (χ2v) is 7.62. The Morgan fingerprint density at radius 3 is 2.90 bits per heavy atom. The van der Waals surface area contributed by atoms with Crippen LogP contribution >= 0.6 is 11.3 Å². The second kappa shape index (κ2) is 6.49. The molecule has 1 aliphatic rings. The van der Waals surface area contributed by atoms with E-state index in [1.54, 1.807) is 11.3 Å². The van der Waals surface area contributed by atoms with Crippen molar-refractivity contribution in [3.8, 4) is 0 Å². The molecule has 1 atom stereocenters. The first-order valence-corrected chi connectivity index (χ1v) is 9.24. The summed E-state index contributed by atoms with van der Waals surface area (Å²) < 4.78 is 2.15. The van der Waals surface area contributed by atoms with Gasteiger partial charge in [-0.3, -0.25) is 4.40 Å². The molecule has 0 bridgehead atoms. The molecule has 3 nitrogen and oxygen atoms in total. The lowest BCUT2D eigenvalue weighted by Gasteiger charge is -2.41. The lowest BCUT2D eigenvalue weighted by atomic mass is 9.69. The number of imidazole rings is 1. The summed E-state index contributed by atoms with van der Waals surface area (Å²) in [6, 6.07) is 0.558. The summed E-state index contributed by atoms with van der Waals surface area (Å²) in [6.45, 7) is 5.85. The summed E-state index contributed by atoms with van der Waals surface area (Å²) in [4.78, 5) is 5.91. The molecule has 4 heteroatoms. The lowest BCUT2D eigenvalue weighted by Crippen LogP contribution is -2.46. The SMILES string of the molecule is CCCNC(Cc1cn2ccsc2n1)C1(C)CCCCC1. The van der Waals surface area contributed by atoms with Crippen molar-refractivity contribution >= 4 is 16.3 Å². The average Bonchev–Trinajstić information content (AvgIpc) is 3.05. The molecule has 3 rings (SSSR count). The van der Waals surface area contributed by atoms with E-state index < -0.39 is 0 Å². The minimum absolute atomic E-state index is 0.435. The predicted octanol–water partition coefficient (Wildman–Crippen LogP) is 4.28. The number of hydrogen-bond donors (Lipinski definition) is 1. The molecule has 1 saturated carbocycles. The Morgan fingerprint density at radius 2 is 2.19 bits per heavy atom. The van der Waals surface area contributed by atoms with Gasteiger partial charge in [0.2, 0.25) is 0 Å². The van der Waals surface area contributed by atoms with Crippen LogP contribution in [0.4, 0.5) is 0 Å². The third-order valence-electron chi connectivity index (χ3n) is 5.03. The van der Waals surface area contributed by atoms with Crippen LogP contribution < -0.4 is 5.32 Å². The summed E-state index contributed by atoms with van der Waals surface area (Å²) in [5.74, 6) is 0. The largest absolute Gasteiger partial charge is 0.313 e. The molecule has 0 aliphatic heterocycles. The van der Waals surface area contributed by atoms with Crippen LogP contribution in [-0.2, 0) is 6.42 Å². The number of nitrogens with zero attached hydrogens (tertiary/aromatic N) is 2. The maximum Gasteiger partial charge on any atom is 0.193 e. The summed E-state index contributed by atoms with van der Waals surface area (Å²) in [6.07, 6.45) is 13.5. The molecule has 0 amide bonds. The molecule has 0 saturated heterocycles. The Morgan fingerprint density at radius 1 is 1.38 bits per heavy atom. The number of thiazole rings is 1. The summed E-state index contributed by atoms with van der Waals surface area (Å²) in [7, 11) is 0. The molecule has 2 aromatic rings. The van der Waals surface area contributed by atoms with E-state index in [4.69, 9.17) is 4.98 Å². The van der Waals surface area contributed by atoms with E-state index in [1.165, 1.54) is 44.2 Å². The Hall–Kier alpha value is -0.870. The van der Waals surface area contributed by atoms with Crippen molar-refractivity contribution < 1.29 is 0 Å². The maximum atomic E-state index is 4.79. The zero-order chi connectivity index (χ0) is 14.7. The van der Waals surface area contributed by atoms with Gasteiger partial charge in [-0.05, 0) is 31.2 Å². The molecular formula is C17H27N3S. The van der Waals surface area contributed by atoms with Gasteiger partial charge in [-0.15, -0.1) is 11.3 Å². The van der Waals surface area contributed by atoms with Gasteiger partial charge >= 0.3 is 0 Å². The third kappa shape index (κ3) is 3.32. The van der Waals surface area contributed by atoms with Crippen LogP contribution in [-0.4, -0.2) is 22.0 Å². The molecule has 116 valence electrons. The third-order valence-corrected chi connectivity index (χ3v) is 5.80. The molecule has 1 N–H and O–H groups in total. The Bertz CT molecular complexity index is 537. The zero-order valence-electron chi connectivity index (χ0n) is 13.3. The number of hydrogen-bond acceptors (Lipinski definition) is 3. The fraction of sp³-hybridized carbons (Fsp3) is 0.706.